The van der Waals surface area contributed by atoms with Gasteiger partial charge in [0.25, 0.3) is 5.91 Å². The monoisotopic (exact) mass is 473 g/mol. The Balaban J connectivity index is 1.39. The molecule has 1 aliphatic rings. The van der Waals surface area contributed by atoms with Crippen molar-refractivity contribution < 1.29 is 18.0 Å². The van der Waals surface area contributed by atoms with E-state index in [0.29, 0.717) is 28.7 Å². The van der Waals surface area contributed by atoms with Gasteiger partial charge in [0, 0.05) is 35.0 Å². The van der Waals surface area contributed by atoms with Crippen LogP contribution in [0, 0.1) is 0 Å². The molecule has 6 nitrogen and oxygen atoms in total. The van der Waals surface area contributed by atoms with Crippen molar-refractivity contribution in [3.63, 3.8) is 0 Å². The second-order valence-corrected chi connectivity index (χ2v) is 9.02. The molecule has 2 aromatic carbocycles. The van der Waals surface area contributed by atoms with Gasteiger partial charge in [0.1, 0.15) is 5.01 Å². The lowest BCUT2D eigenvalue weighted by molar-refractivity contribution is -0.137. The average molecular weight is 474 g/mol. The van der Waals surface area contributed by atoms with Crippen molar-refractivity contribution in [2.45, 2.75) is 32.5 Å². The van der Waals surface area contributed by atoms with Crippen molar-refractivity contribution >= 4 is 33.6 Å². The number of halogens is 3. The number of nitrogens with zero attached hydrogens (tertiary/aromatic N) is 2. The zero-order valence-corrected chi connectivity index (χ0v) is 18.8. The molecule has 4 rings (SSSR count). The van der Waals surface area contributed by atoms with Gasteiger partial charge in [-0.1, -0.05) is 29.0 Å². The second-order valence-electron chi connectivity index (χ2n) is 8.04. The summed E-state index contributed by atoms with van der Waals surface area (Å²) < 4.78 is 38.1. The first-order valence-corrected chi connectivity index (χ1v) is 11.1. The third-order valence-corrected chi connectivity index (χ3v) is 6.16. The van der Waals surface area contributed by atoms with Crippen molar-refractivity contribution in [1.82, 2.24) is 10.2 Å². The van der Waals surface area contributed by atoms with Crippen LogP contribution in [0.25, 0.3) is 16.1 Å². The number of fused-ring (bicyclic) bond motifs is 1. The largest absolute Gasteiger partial charge is 0.416 e. The molecular formula is C23H22F3N5OS. The molecule has 0 fully saturated rings. The standard InChI is InChI=1S/C23H22F3N5OS/c1-12(2)19-17-10-14(5-8-18(17)29-20(19)32)21-30-31-22(33-21)28-11-16(27)9-13-3-6-15(7-4-13)23(24,25)26/h3-8,10,16H,9,11,27H2,1-2H3,(H,28,31)(H,29,32)/t16-/m1/s1. The molecule has 0 spiro atoms. The zero-order valence-electron chi connectivity index (χ0n) is 18.0. The number of hydrogen-bond donors (Lipinski definition) is 3. The van der Waals surface area contributed by atoms with Gasteiger partial charge in [0.15, 0.2) is 0 Å². The smallest absolute Gasteiger partial charge is 0.359 e. The molecule has 0 aliphatic carbocycles. The minimum atomic E-state index is -4.35. The first-order valence-electron chi connectivity index (χ1n) is 10.2. The summed E-state index contributed by atoms with van der Waals surface area (Å²) in [5.41, 5.74) is 10.3. The Bertz CT molecular complexity index is 1210. The molecule has 0 saturated carbocycles. The van der Waals surface area contributed by atoms with Crippen molar-refractivity contribution in [1.29, 1.82) is 0 Å². The highest BCUT2D eigenvalue weighted by Crippen LogP contribution is 2.37. The number of carbonyl (C=O) groups excluding carboxylic acids is 1. The highest BCUT2D eigenvalue weighted by Gasteiger charge is 2.30. The molecule has 1 amide bonds. The molecule has 0 saturated heterocycles. The van der Waals surface area contributed by atoms with Crippen molar-refractivity contribution in [2.24, 2.45) is 5.73 Å². The number of benzene rings is 2. The minimum Gasteiger partial charge on any atom is -0.359 e. The molecule has 1 aromatic heterocycles. The molecule has 0 bridgehead atoms. The SMILES string of the molecule is CC(C)=C1C(=O)Nc2ccc(-c3nnc(NC[C@H](N)Cc4ccc(C(F)(F)F)cc4)s3)cc21. The van der Waals surface area contributed by atoms with Gasteiger partial charge in [-0.25, -0.2) is 0 Å². The van der Waals surface area contributed by atoms with E-state index in [1.807, 2.05) is 32.0 Å². The number of carbonyl (C=O) groups is 1. The summed E-state index contributed by atoms with van der Waals surface area (Å²) in [4.78, 5) is 12.2. The summed E-state index contributed by atoms with van der Waals surface area (Å²) in [5.74, 6) is -0.108. The third kappa shape index (κ3) is 5.07. The third-order valence-electron chi connectivity index (χ3n) is 5.23. The number of alkyl halides is 3. The number of hydrogen-bond acceptors (Lipinski definition) is 6. The van der Waals surface area contributed by atoms with Gasteiger partial charge in [-0.15, -0.1) is 10.2 Å². The molecule has 1 aliphatic heterocycles. The minimum absolute atomic E-state index is 0.108. The predicted molar refractivity (Wildman–Crippen MR) is 124 cm³/mol. The van der Waals surface area contributed by atoms with E-state index in [-0.39, 0.29) is 11.9 Å². The predicted octanol–water partition coefficient (Wildman–Crippen LogP) is 4.95. The van der Waals surface area contributed by atoms with Gasteiger partial charge < -0.3 is 16.4 Å². The van der Waals surface area contributed by atoms with Gasteiger partial charge in [0.2, 0.25) is 5.13 Å². The highest BCUT2D eigenvalue weighted by atomic mass is 32.1. The lowest BCUT2D eigenvalue weighted by Crippen LogP contribution is -2.31. The van der Waals surface area contributed by atoms with E-state index < -0.39 is 11.7 Å². The molecule has 0 unspecified atom stereocenters. The maximum Gasteiger partial charge on any atom is 0.416 e. The quantitative estimate of drug-likeness (QED) is 0.441. The van der Waals surface area contributed by atoms with Gasteiger partial charge >= 0.3 is 6.18 Å². The van der Waals surface area contributed by atoms with E-state index in [0.717, 1.165) is 40.1 Å². The Morgan fingerprint density at radius 3 is 2.55 bits per heavy atom. The van der Waals surface area contributed by atoms with E-state index in [1.165, 1.54) is 23.5 Å². The lowest BCUT2D eigenvalue weighted by Gasteiger charge is -2.13. The molecule has 172 valence electrons. The van der Waals surface area contributed by atoms with Crippen molar-refractivity contribution in [3.8, 4) is 10.6 Å². The van der Waals surface area contributed by atoms with Gasteiger partial charge in [-0.05, 0) is 56.2 Å². The fourth-order valence-electron chi connectivity index (χ4n) is 3.63. The molecule has 3 aromatic rings. The average Bonchev–Trinajstić information content (AvgIpc) is 3.35. The molecule has 10 heteroatoms. The van der Waals surface area contributed by atoms with E-state index in [9.17, 15) is 18.0 Å². The topological polar surface area (TPSA) is 92.9 Å². The van der Waals surface area contributed by atoms with Crippen LogP contribution in [0.4, 0.5) is 24.0 Å². The van der Waals surface area contributed by atoms with Crippen LogP contribution in [0.15, 0.2) is 48.0 Å². The Morgan fingerprint density at radius 1 is 1.15 bits per heavy atom. The summed E-state index contributed by atoms with van der Waals surface area (Å²) in [6.07, 6.45) is -3.93. The number of allylic oxidation sites excluding steroid dienone is 1. The molecule has 0 radical (unpaired) electrons. The molecule has 2 heterocycles. The van der Waals surface area contributed by atoms with Crippen LogP contribution < -0.4 is 16.4 Å². The van der Waals surface area contributed by atoms with E-state index >= 15 is 0 Å². The molecule has 33 heavy (non-hydrogen) atoms. The molecule has 1 atom stereocenters. The number of rotatable bonds is 6. The van der Waals surface area contributed by atoms with Crippen LogP contribution in [0.2, 0.25) is 0 Å². The van der Waals surface area contributed by atoms with Crippen LogP contribution in [0.3, 0.4) is 0 Å². The van der Waals surface area contributed by atoms with Gasteiger partial charge in [-0.3, -0.25) is 4.79 Å². The number of amides is 1. The Kier molecular flexibility index (Phi) is 6.22. The first-order chi connectivity index (χ1) is 15.6. The Morgan fingerprint density at radius 2 is 1.88 bits per heavy atom. The normalized spacial score (nSPS) is 14.1. The van der Waals surface area contributed by atoms with Crippen molar-refractivity contribution in [2.75, 3.05) is 17.2 Å². The Hall–Kier alpha value is -3.24. The Labute approximate surface area is 192 Å². The number of nitrogens with one attached hydrogen (secondary N) is 2. The van der Waals surface area contributed by atoms with Crippen LogP contribution >= 0.6 is 11.3 Å². The zero-order chi connectivity index (χ0) is 23.8. The number of aromatic nitrogens is 2. The lowest BCUT2D eigenvalue weighted by atomic mass is 10.0. The van der Waals surface area contributed by atoms with Gasteiger partial charge in [0.05, 0.1) is 5.56 Å². The number of nitrogens with two attached hydrogens (primary N) is 1. The maximum atomic E-state index is 12.7. The van der Waals surface area contributed by atoms with Crippen molar-refractivity contribution in [3.05, 3.63) is 64.7 Å². The molecule has 4 N–H and O–H groups in total. The summed E-state index contributed by atoms with van der Waals surface area (Å²) in [6.45, 7) is 4.19. The van der Waals surface area contributed by atoms with Crippen LogP contribution in [0.1, 0.15) is 30.5 Å². The fourth-order valence-corrected chi connectivity index (χ4v) is 4.38. The molecular weight excluding hydrogens is 451 g/mol. The van der Waals surface area contributed by atoms with Crippen LogP contribution in [0.5, 0.6) is 0 Å². The number of anilines is 2. The summed E-state index contributed by atoms with van der Waals surface area (Å²) >= 11 is 1.36. The second kappa shape index (κ2) is 8.95. The first kappa shape index (κ1) is 22.9. The van der Waals surface area contributed by atoms with E-state index in [1.54, 1.807) is 0 Å². The van der Waals surface area contributed by atoms with E-state index in [2.05, 4.69) is 20.8 Å². The fraction of sp³-hybridized carbons (Fsp3) is 0.261. The van der Waals surface area contributed by atoms with E-state index in [4.69, 9.17) is 5.73 Å². The van der Waals surface area contributed by atoms with Crippen LogP contribution in [-0.2, 0) is 17.4 Å². The van der Waals surface area contributed by atoms with Crippen LogP contribution in [-0.4, -0.2) is 28.7 Å². The van der Waals surface area contributed by atoms with Gasteiger partial charge in [-0.2, -0.15) is 13.2 Å². The summed E-state index contributed by atoms with van der Waals surface area (Å²) in [5, 5.41) is 15.7. The maximum absolute atomic E-state index is 12.7. The highest BCUT2D eigenvalue weighted by molar-refractivity contribution is 7.18. The summed E-state index contributed by atoms with van der Waals surface area (Å²) in [6, 6.07) is 10.4. The summed E-state index contributed by atoms with van der Waals surface area (Å²) in [7, 11) is 0.